The normalized spacial score (nSPS) is 21.4. The number of hydrogen-bond donors (Lipinski definition) is 2. The van der Waals surface area contributed by atoms with Gasteiger partial charge in [0.2, 0.25) is 0 Å². The molecule has 4 heteroatoms. The molecule has 1 fully saturated rings. The van der Waals surface area contributed by atoms with E-state index in [0.717, 1.165) is 52.1 Å². The van der Waals surface area contributed by atoms with Gasteiger partial charge in [0, 0.05) is 33.0 Å². The Hall–Kier alpha value is -0.160. The molecule has 4 nitrogen and oxygen atoms in total. The van der Waals surface area contributed by atoms with E-state index in [1.165, 1.54) is 0 Å². The molecule has 0 aromatic rings. The van der Waals surface area contributed by atoms with Crippen molar-refractivity contribution in [2.45, 2.75) is 44.6 Å². The second-order valence-corrected chi connectivity index (χ2v) is 5.02. The van der Waals surface area contributed by atoms with Gasteiger partial charge in [-0.05, 0) is 38.0 Å². The third-order valence-corrected chi connectivity index (χ3v) is 3.66. The topological polar surface area (TPSA) is 64.7 Å². The quantitative estimate of drug-likeness (QED) is 0.633. The molecule has 1 rings (SSSR count). The van der Waals surface area contributed by atoms with Gasteiger partial charge in [-0.15, -0.1) is 0 Å². The number of hydrogen-bond acceptors (Lipinski definition) is 4. The SMILES string of the molecule is CCC(O)(CN)CCCOCC1CCOCC1. The van der Waals surface area contributed by atoms with Crippen LogP contribution in [0.3, 0.4) is 0 Å². The molecule has 0 radical (unpaired) electrons. The molecule has 1 aliphatic heterocycles. The van der Waals surface area contributed by atoms with Crippen LogP contribution in [0.1, 0.15) is 39.0 Å². The first-order chi connectivity index (χ1) is 8.20. The maximum absolute atomic E-state index is 9.98. The molecule has 0 amide bonds. The van der Waals surface area contributed by atoms with E-state index in [4.69, 9.17) is 15.2 Å². The van der Waals surface area contributed by atoms with E-state index in [9.17, 15) is 5.11 Å². The van der Waals surface area contributed by atoms with E-state index in [0.29, 0.717) is 18.9 Å². The van der Waals surface area contributed by atoms with Crippen LogP contribution in [0, 0.1) is 5.92 Å². The summed E-state index contributed by atoms with van der Waals surface area (Å²) in [5.74, 6) is 0.656. The molecule has 0 saturated carbocycles. The van der Waals surface area contributed by atoms with Crippen molar-refractivity contribution in [1.29, 1.82) is 0 Å². The molecule has 3 N–H and O–H groups in total. The maximum atomic E-state index is 9.98. The zero-order valence-electron chi connectivity index (χ0n) is 11.0. The highest BCUT2D eigenvalue weighted by molar-refractivity contribution is 4.77. The second-order valence-electron chi connectivity index (χ2n) is 5.02. The van der Waals surface area contributed by atoms with Crippen molar-refractivity contribution in [2.75, 3.05) is 33.0 Å². The summed E-state index contributed by atoms with van der Waals surface area (Å²) in [6, 6.07) is 0. The molecule has 1 heterocycles. The number of rotatable bonds is 8. The molecule has 1 saturated heterocycles. The highest BCUT2D eigenvalue weighted by atomic mass is 16.5. The van der Waals surface area contributed by atoms with E-state index >= 15 is 0 Å². The third kappa shape index (κ3) is 5.82. The van der Waals surface area contributed by atoms with E-state index in [2.05, 4.69) is 0 Å². The zero-order valence-corrected chi connectivity index (χ0v) is 11.0. The van der Waals surface area contributed by atoms with Gasteiger partial charge >= 0.3 is 0 Å². The second kappa shape index (κ2) is 8.03. The Bertz CT molecular complexity index is 189. The van der Waals surface area contributed by atoms with Crippen LogP contribution >= 0.6 is 0 Å². The summed E-state index contributed by atoms with van der Waals surface area (Å²) >= 11 is 0. The molecule has 0 aromatic carbocycles. The Morgan fingerprint density at radius 3 is 2.71 bits per heavy atom. The van der Waals surface area contributed by atoms with E-state index in [1.54, 1.807) is 0 Å². The first-order valence-electron chi connectivity index (χ1n) is 6.78. The smallest absolute Gasteiger partial charge is 0.0767 e. The lowest BCUT2D eigenvalue weighted by atomic mass is 9.95. The highest BCUT2D eigenvalue weighted by Gasteiger charge is 2.21. The van der Waals surface area contributed by atoms with Crippen LogP contribution in [-0.2, 0) is 9.47 Å². The Kier molecular flexibility index (Phi) is 7.04. The molecular formula is C13H27NO3. The average molecular weight is 245 g/mol. The van der Waals surface area contributed by atoms with Gasteiger partial charge in [0.05, 0.1) is 5.60 Å². The molecule has 1 aliphatic rings. The van der Waals surface area contributed by atoms with Crippen LogP contribution in [-0.4, -0.2) is 43.7 Å². The monoisotopic (exact) mass is 245 g/mol. The maximum Gasteiger partial charge on any atom is 0.0767 e. The van der Waals surface area contributed by atoms with Gasteiger partial charge in [0.15, 0.2) is 0 Å². The lowest BCUT2D eigenvalue weighted by Gasteiger charge is -2.25. The molecule has 1 unspecified atom stereocenters. The molecular weight excluding hydrogens is 218 g/mol. The number of ether oxygens (including phenoxy) is 2. The minimum atomic E-state index is -0.692. The van der Waals surface area contributed by atoms with Crippen LogP contribution in [0.15, 0.2) is 0 Å². The molecule has 0 aromatic heterocycles. The summed E-state index contributed by atoms with van der Waals surface area (Å²) in [6.45, 7) is 5.60. The van der Waals surface area contributed by atoms with Crippen molar-refractivity contribution in [3.63, 3.8) is 0 Å². The lowest BCUT2D eigenvalue weighted by Crippen LogP contribution is -2.37. The highest BCUT2D eigenvalue weighted by Crippen LogP contribution is 2.17. The van der Waals surface area contributed by atoms with Crippen molar-refractivity contribution in [3.8, 4) is 0 Å². The number of nitrogens with two attached hydrogens (primary N) is 1. The fraction of sp³-hybridized carbons (Fsp3) is 1.00. The summed E-state index contributed by atoms with van der Waals surface area (Å²) in [7, 11) is 0. The Morgan fingerprint density at radius 1 is 1.41 bits per heavy atom. The standard InChI is InChI=1S/C13H27NO3/c1-2-13(15,11-14)6-3-7-17-10-12-4-8-16-9-5-12/h12,15H,2-11,14H2,1H3. The summed E-state index contributed by atoms with van der Waals surface area (Å²) in [4.78, 5) is 0. The van der Waals surface area contributed by atoms with Crippen LogP contribution < -0.4 is 5.73 Å². The molecule has 0 bridgehead atoms. The van der Waals surface area contributed by atoms with Gasteiger partial charge in [-0.25, -0.2) is 0 Å². The Labute approximate surface area is 104 Å². The fourth-order valence-electron chi connectivity index (χ4n) is 2.09. The van der Waals surface area contributed by atoms with Gasteiger partial charge in [0.25, 0.3) is 0 Å². The zero-order chi connectivity index (χ0) is 12.6. The van der Waals surface area contributed by atoms with E-state index in [-0.39, 0.29) is 0 Å². The van der Waals surface area contributed by atoms with Crippen LogP contribution in [0.4, 0.5) is 0 Å². The largest absolute Gasteiger partial charge is 0.389 e. The first kappa shape index (κ1) is 14.9. The van der Waals surface area contributed by atoms with Gasteiger partial charge in [-0.3, -0.25) is 0 Å². The van der Waals surface area contributed by atoms with Gasteiger partial charge in [0.1, 0.15) is 0 Å². The Balaban J connectivity index is 2.00. The summed E-state index contributed by atoms with van der Waals surface area (Å²) in [5.41, 5.74) is 4.85. The molecule has 17 heavy (non-hydrogen) atoms. The van der Waals surface area contributed by atoms with Crippen molar-refractivity contribution >= 4 is 0 Å². The Morgan fingerprint density at radius 2 is 2.12 bits per heavy atom. The van der Waals surface area contributed by atoms with Crippen molar-refractivity contribution in [3.05, 3.63) is 0 Å². The van der Waals surface area contributed by atoms with Crippen LogP contribution in [0.25, 0.3) is 0 Å². The van der Waals surface area contributed by atoms with Gasteiger partial charge in [-0.1, -0.05) is 6.92 Å². The third-order valence-electron chi connectivity index (χ3n) is 3.66. The predicted molar refractivity (Wildman–Crippen MR) is 67.9 cm³/mol. The lowest BCUT2D eigenvalue weighted by molar-refractivity contribution is 0.00457. The summed E-state index contributed by atoms with van der Waals surface area (Å²) < 4.78 is 10.9. The van der Waals surface area contributed by atoms with Crippen molar-refractivity contribution in [2.24, 2.45) is 11.7 Å². The minimum Gasteiger partial charge on any atom is -0.389 e. The van der Waals surface area contributed by atoms with Gasteiger partial charge in [-0.2, -0.15) is 0 Å². The van der Waals surface area contributed by atoms with Crippen molar-refractivity contribution in [1.82, 2.24) is 0 Å². The molecule has 0 spiro atoms. The fourth-order valence-corrected chi connectivity index (χ4v) is 2.09. The van der Waals surface area contributed by atoms with Crippen LogP contribution in [0.5, 0.6) is 0 Å². The molecule has 0 aliphatic carbocycles. The summed E-state index contributed by atoms with van der Waals surface area (Å²) in [6.07, 6.45) is 4.55. The minimum absolute atomic E-state index is 0.337. The van der Waals surface area contributed by atoms with Crippen LogP contribution in [0.2, 0.25) is 0 Å². The predicted octanol–water partition coefficient (Wildman–Crippen LogP) is 1.31. The van der Waals surface area contributed by atoms with Gasteiger partial charge < -0.3 is 20.3 Å². The average Bonchev–Trinajstić information content (AvgIpc) is 2.39. The molecule has 1 atom stereocenters. The van der Waals surface area contributed by atoms with E-state index in [1.807, 2.05) is 6.92 Å². The van der Waals surface area contributed by atoms with E-state index < -0.39 is 5.60 Å². The summed E-state index contributed by atoms with van der Waals surface area (Å²) in [5, 5.41) is 9.98. The molecule has 102 valence electrons. The number of aliphatic hydroxyl groups is 1. The first-order valence-corrected chi connectivity index (χ1v) is 6.78. The van der Waals surface area contributed by atoms with Crippen molar-refractivity contribution < 1.29 is 14.6 Å².